The number of aromatic amines is 1. The van der Waals surface area contributed by atoms with Gasteiger partial charge in [0.1, 0.15) is 0 Å². The summed E-state index contributed by atoms with van der Waals surface area (Å²) in [6, 6.07) is 11.3. The van der Waals surface area contributed by atoms with Gasteiger partial charge in [-0.25, -0.2) is 0 Å². The lowest BCUT2D eigenvalue weighted by Crippen LogP contribution is -1.63. The van der Waals surface area contributed by atoms with Crippen LogP contribution >= 0.6 is 0 Å². The van der Waals surface area contributed by atoms with Crippen LogP contribution in [0.2, 0.25) is 0 Å². The highest BCUT2D eigenvalue weighted by Gasteiger charge is 1.89. The van der Waals surface area contributed by atoms with Crippen molar-refractivity contribution < 1.29 is 0 Å². The van der Waals surface area contributed by atoms with Crippen molar-refractivity contribution in [1.82, 2.24) is 10.2 Å². The highest BCUT2D eigenvalue weighted by molar-refractivity contribution is 5.36. The molecule has 1 N–H and O–H groups in total. The van der Waals surface area contributed by atoms with Crippen molar-refractivity contribution in [3.05, 3.63) is 42.6 Å². The molecular weight excluding hydrogens is 164 g/mol. The monoisotopic (exact) mass is 172 g/mol. The molecule has 4 heteroatoms. The van der Waals surface area contributed by atoms with Crippen LogP contribution in [0, 0.1) is 0 Å². The SMILES string of the molecule is c1ccc(/N=N/c2cc[nH]n2)cc1. The van der Waals surface area contributed by atoms with Crippen LogP contribution in [0.3, 0.4) is 0 Å². The molecule has 64 valence electrons. The van der Waals surface area contributed by atoms with Crippen LogP contribution in [-0.2, 0) is 0 Å². The van der Waals surface area contributed by atoms with Crippen molar-refractivity contribution in [1.29, 1.82) is 0 Å². The minimum atomic E-state index is 0.587. The third kappa shape index (κ3) is 1.99. The van der Waals surface area contributed by atoms with Crippen molar-refractivity contribution in [3.63, 3.8) is 0 Å². The van der Waals surface area contributed by atoms with Crippen molar-refractivity contribution in [2.75, 3.05) is 0 Å². The first kappa shape index (κ1) is 7.67. The van der Waals surface area contributed by atoms with Crippen LogP contribution in [0.5, 0.6) is 0 Å². The predicted molar refractivity (Wildman–Crippen MR) is 49.2 cm³/mol. The molecule has 0 aliphatic heterocycles. The number of nitrogens with one attached hydrogen (secondary N) is 1. The molecule has 0 bridgehead atoms. The Morgan fingerprint density at radius 1 is 1.00 bits per heavy atom. The smallest absolute Gasteiger partial charge is 0.195 e. The molecule has 0 spiro atoms. The van der Waals surface area contributed by atoms with Gasteiger partial charge in [0.2, 0.25) is 0 Å². The van der Waals surface area contributed by atoms with E-state index in [4.69, 9.17) is 0 Å². The Morgan fingerprint density at radius 2 is 1.85 bits per heavy atom. The second-order valence-corrected chi connectivity index (χ2v) is 2.47. The summed E-state index contributed by atoms with van der Waals surface area (Å²) >= 11 is 0. The molecule has 0 saturated heterocycles. The van der Waals surface area contributed by atoms with Gasteiger partial charge in [-0.3, -0.25) is 5.10 Å². The Kier molecular flexibility index (Phi) is 2.14. The fourth-order valence-corrected chi connectivity index (χ4v) is 0.912. The van der Waals surface area contributed by atoms with Crippen LogP contribution in [-0.4, -0.2) is 10.2 Å². The first-order valence-corrected chi connectivity index (χ1v) is 3.92. The summed E-state index contributed by atoms with van der Waals surface area (Å²) in [4.78, 5) is 0. The number of benzene rings is 1. The van der Waals surface area contributed by atoms with Gasteiger partial charge in [0, 0.05) is 12.3 Å². The largest absolute Gasteiger partial charge is 0.283 e. The highest BCUT2D eigenvalue weighted by Crippen LogP contribution is 2.14. The Labute approximate surface area is 75.3 Å². The third-order valence-corrected chi connectivity index (χ3v) is 1.51. The van der Waals surface area contributed by atoms with E-state index in [1.165, 1.54) is 0 Å². The van der Waals surface area contributed by atoms with E-state index in [1.54, 1.807) is 12.3 Å². The number of azo groups is 1. The quantitative estimate of drug-likeness (QED) is 0.695. The zero-order valence-corrected chi connectivity index (χ0v) is 6.88. The van der Waals surface area contributed by atoms with E-state index in [-0.39, 0.29) is 0 Å². The van der Waals surface area contributed by atoms with Gasteiger partial charge in [-0.1, -0.05) is 18.2 Å². The fraction of sp³-hybridized carbons (Fsp3) is 0. The lowest BCUT2D eigenvalue weighted by atomic mass is 10.3. The predicted octanol–water partition coefficient (Wildman–Crippen LogP) is 2.83. The lowest BCUT2D eigenvalue weighted by Gasteiger charge is -1.87. The fourth-order valence-electron chi connectivity index (χ4n) is 0.912. The topological polar surface area (TPSA) is 53.4 Å². The van der Waals surface area contributed by atoms with Gasteiger partial charge in [-0.15, -0.1) is 10.2 Å². The molecule has 1 heterocycles. The van der Waals surface area contributed by atoms with Crippen molar-refractivity contribution in [2.24, 2.45) is 10.2 Å². The Bertz CT molecular complexity index is 377. The molecule has 0 saturated carbocycles. The minimum Gasteiger partial charge on any atom is -0.283 e. The molecule has 1 aromatic carbocycles. The maximum Gasteiger partial charge on any atom is 0.195 e. The summed E-state index contributed by atoms with van der Waals surface area (Å²) in [6.45, 7) is 0. The van der Waals surface area contributed by atoms with Crippen molar-refractivity contribution >= 4 is 11.5 Å². The Hall–Kier alpha value is -1.97. The molecule has 0 aliphatic rings. The number of hydrogen-bond acceptors (Lipinski definition) is 3. The molecule has 0 amide bonds. The highest BCUT2D eigenvalue weighted by atomic mass is 15.2. The van der Waals surface area contributed by atoms with Crippen molar-refractivity contribution in [3.8, 4) is 0 Å². The van der Waals surface area contributed by atoms with Gasteiger partial charge < -0.3 is 0 Å². The van der Waals surface area contributed by atoms with Gasteiger partial charge in [-0.05, 0) is 12.1 Å². The molecule has 0 unspecified atom stereocenters. The number of aromatic nitrogens is 2. The molecule has 0 aliphatic carbocycles. The summed E-state index contributed by atoms with van der Waals surface area (Å²) in [5.41, 5.74) is 0.825. The molecule has 0 atom stereocenters. The van der Waals surface area contributed by atoms with E-state index >= 15 is 0 Å². The number of H-pyrrole nitrogens is 1. The number of hydrogen-bond donors (Lipinski definition) is 1. The molecule has 13 heavy (non-hydrogen) atoms. The van der Waals surface area contributed by atoms with Crippen LogP contribution < -0.4 is 0 Å². The molecule has 0 radical (unpaired) electrons. The summed E-state index contributed by atoms with van der Waals surface area (Å²) in [7, 11) is 0. The lowest BCUT2D eigenvalue weighted by molar-refractivity contribution is 1.05. The molecular formula is C9H8N4. The van der Waals surface area contributed by atoms with Gasteiger partial charge in [-0.2, -0.15) is 5.10 Å². The maximum absolute atomic E-state index is 3.99. The van der Waals surface area contributed by atoms with Gasteiger partial charge in [0.05, 0.1) is 5.69 Å². The zero-order valence-electron chi connectivity index (χ0n) is 6.88. The van der Waals surface area contributed by atoms with Gasteiger partial charge in [0.25, 0.3) is 0 Å². The maximum atomic E-state index is 3.99. The normalized spacial score (nSPS) is 10.8. The standard InChI is InChI=1S/C9H8N4/c1-2-4-8(5-3-1)11-13-9-6-7-10-12-9/h1-7H,(H,10,12)/b13-11+. The van der Waals surface area contributed by atoms with Gasteiger partial charge in [0.15, 0.2) is 5.82 Å². The molecule has 1 aromatic heterocycles. The Balaban J connectivity index is 2.15. The van der Waals surface area contributed by atoms with E-state index in [0.29, 0.717) is 5.82 Å². The van der Waals surface area contributed by atoms with Crippen LogP contribution in [0.15, 0.2) is 52.8 Å². The van der Waals surface area contributed by atoms with E-state index < -0.39 is 0 Å². The molecule has 2 rings (SSSR count). The van der Waals surface area contributed by atoms with Crippen LogP contribution in [0.25, 0.3) is 0 Å². The number of nitrogens with zero attached hydrogens (tertiary/aromatic N) is 3. The van der Waals surface area contributed by atoms with Crippen molar-refractivity contribution in [2.45, 2.75) is 0 Å². The zero-order chi connectivity index (χ0) is 8.93. The van der Waals surface area contributed by atoms with E-state index in [0.717, 1.165) is 5.69 Å². The van der Waals surface area contributed by atoms with E-state index in [1.807, 2.05) is 30.3 Å². The second-order valence-electron chi connectivity index (χ2n) is 2.47. The molecule has 2 aromatic rings. The minimum absolute atomic E-state index is 0.587. The first-order valence-electron chi connectivity index (χ1n) is 3.92. The first-order chi connectivity index (χ1) is 6.45. The average Bonchev–Trinajstić information content (AvgIpc) is 2.69. The summed E-state index contributed by atoms with van der Waals surface area (Å²) < 4.78 is 0. The summed E-state index contributed by atoms with van der Waals surface area (Å²) in [5.74, 6) is 0.587. The van der Waals surface area contributed by atoms with E-state index in [9.17, 15) is 0 Å². The van der Waals surface area contributed by atoms with Crippen LogP contribution in [0.1, 0.15) is 0 Å². The summed E-state index contributed by atoms with van der Waals surface area (Å²) in [5, 5.41) is 14.4. The third-order valence-electron chi connectivity index (χ3n) is 1.51. The summed E-state index contributed by atoms with van der Waals surface area (Å²) in [6.07, 6.45) is 1.71. The van der Waals surface area contributed by atoms with Gasteiger partial charge >= 0.3 is 0 Å². The Morgan fingerprint density at radius 3 is 2.54 bits per heavy atom. The average molecular weight is 172 g/mol. The molecule has 0 fully saturated rings. The second kappa shape index (κ2) is 3.62. The number of rotatable bonds is 2. The van der Waals surface area contributed by atoms with E-state index in [2.05, 4.69) is 20.4 Å². The molecule has 4 nitrogen and oxygen atoms in total. The van der Waals surface area contributed by atoms with Crippen LogP contribution in [0.4, 0.5) is 11.5 Å².